The topological polar surface area (TPSA) is 95.9 Å². The van der Waals surface area contributed by atoms with Gasteiger partial charge in [-0.15, -0.1) is 0 Å². The van der Waals surface area contributed by atoms with Crippen molar-refractivity contribution in [3.63, 3.8) is 0 Å². The molecule has 32 heavy (non-hydrogen) atoms. The highest BCUT2D eigenvalue weighted by Gasteiger charge is 2.33. The van der Waals surface area contributed by atoms with Crippen molar-refractivity contribution in [3.05, 3.63) is 42.1 Å². The first-order chi connectivity index (χ1) is 15.4. The van der Waals surface area contributed by atoms with Gasteiger partial charge in [-0.1, -0.05) is 12.1 Å². The number of anilines is 2. The number of alkyl halides is 2. The number of halogens is 2. The molecule has 172 valence electrons. The molecule has 0 bridgehead atoms. The molecule has 9 nitrogen and oxygen atoms in total. The minimum Gasteiger partial charge on any atom is -0.378 e. The standard InChI is InChI=1S/C20H23F2N5O4S/c21-19(22)32(29,30)16-4-2-1-3-15(16)18(28)26-9-7-25(8-10-26)17-5-6-23-20(24-17)27-11-13-31-14-12-27/h1-6,19H,7-14H2. The zero-order chi connectivity index (χ0) is 22.7. The van der Waals surface area contributed by atoms with Crippen molar-refractivity contribution in [1.29, 1.82) is 0 Å². The number of ether oxygens (including phenoxy) is 1. The molecule has 0 aliphatic carbocycles. The maximum atomic E-state index is 13.0. The highest BCUT2D eigenvalue weighted by molar-refractivity contribution is 7.91. The molecule has 1 aromatic heterocycles. The number of nitrogens with zero attached hydrogens (tertiary/aromatic N) is 5. The summed E-state index contributed by atoms with van der Waals surface area (Å²) in [5.41, 5.74) is -0.238. The molecule has 2 fully saturated rings. The van der Waals surface area contributed by atoms with Crippen LogP contribution in [0.2, 0.25) is 0 Å². The van der Waals surface area contributed by atoms with E-state index in [9.17, 15) is 22.0 Å². The van der Waals surface area contributed by atoms with Crippen LogP contribution in [0.5, 0.6) is 0 Å². The number of hydrogen-bond donors (Lipinski definition) is 0. The number of rotatable bonds is 5. The summed E-state index contributed by atoms with van der Waals surface area (Å²) in [4.78, 5) is 26.8. The fraction of sp³-hybridized carbons (Fsp3) is 0.450. The average molecular weight is 467 g/mol. The minimum atomic E-state index is -4.88. The quantitative estimate of drug-likeness (QED) is 0.649. The third-order valence-electron chi connectivity index (χ3n) is 5.47. The van der Waals surface area contributed by atoms with Crippen molar-refractivity contribution in [3.8, 4) is 0 Å². The van der Waals surface area contributed by atoms with Crippen LogP contribution in [-0.2, 0) is 14.6 Å². The van der Waals surface area contributed by atoms with Gasteiger partial charge in [0.2, 0.25) is 15.8 Å². The summed E-state index contributed by atoms with van der Waals surface area (Å²) in [5, 5.41) is 0. The van der Waals surface area contributed by atoms with E-state index < -0.39 is 26.4 Å². The molecule has 0 radical (unpaired) electrons. The molecular formula is C20H23F2N5O4S. The van der Waals surface area contributed by atoms with Gasteiger partial charge in [0.05, 0.1) is 23.7 Å². The van der Waals surface area contributed by atoms with Gasteiger partial charge in [0, 0.05) is 45.5 Å². The van der Waals surface area contributed by atoms with Crippen molar-refractivity contribution in [2.45, 2.75) is 10.7 Å². The van der Waals surface area contributed by atoms with E-state index in [2.05, 4.69) is 9.97 Å². The van der Waals surface area contributed by atoms with Crippen molar-refractivity contribution in [1.82, 2.24) is 14.9 Å². The van der Waals surface area contributed by atoms with Crippen LogP contribution >= 0.6 is 0 Å². The molecule has 0 unspecified atom stereocenters. The molecule has 2 aliphatic rings. The Morgan fingerprint density at radius 1 is 0.969 bits per heavy atom. The van der Waals surface area contributed by atoms with Crippen molar-refractivity contribution < 1.29 is 26.7 Å². The van der Waals surface area contributed by atoms with Crippen LogP contribution in [0.25, 0.3) is 0 Å². The smallest absolute Gasteiger partial charge is 0.341 e. The molecule has 3 heterocycles. The van der Waals surface area contributed by atoms with E-state index >= 15 is 0 Å². The molecule has 1 aromatic carbocycles. The Labute approximate surface area is 184 Å². The van der Waals surface area contributed by atoms with Gasteiger partial charge in [0.25, 0.3) is 5.91 Å². The van der Waals surface area contributed by atoms with Crippen LogP contribution in [0.3, 0.4) is 0 Å². The zero-order valence-electron chi connectivity index (χ0n) is 17.2. The van der Waals surface area contributed by atoms with Crippen molar-refractivity contribution >= 4 is 27.5 Å². The molecule has 0 N–H and O–H groups in total. The van der Waals surface area contributed by atoms with Gasteiger partial charge in [-0.2, -0.15) is 13.8 Å². The second-order valence-corrected chi connectivity index (χ2v) is 9.28. The van der Waals surface area contributed by atoms with Crippen LogP contribution in [0.15, 0.2) is 41.4 Å². The van der Waals surface area contributed by atoms with E-state index in [-0.39, 0.29) is 5.56 Å². The Bertz CT molecular complexity index is 1070. The molecule has 2 saturated heterocycles. The summed E-state index contributed by atoms with van der Waals surface area (Å²) in [6, 6.07) is 6.89. The molecule has 0 spiro atoms. The first-order valence-electron chi connectivity index (χ1n) is 10.2. The monoisotopic (exact) mass is 467 g/mol. The Balaban J connectivity index is 1.45. The number of aromatic nitrogens is 2. The van der Waals surface area contributed by atoms with Gasteiger partial charge >= 0.3 is 5.76 Å². The summed E-state index contributed by atoms with van der Waals surface area (Å²) in [7, 11) is -4.88. The van der Waals surface area contributed by atoms with Gasteiger partial charge in [0.1, 0.15) is 5.82 Å². The Morgan fingerprint density at radius 3 is 2.34 bits per heavy atom. The fourth-order valence-corrected chi connectivity index (χ4v) is 4.65. The normalized spacial score (nSPS) is 17.7. The SMILES string of the molecule is O=C(c1ccccc1S(=O)(=O)C(F)F)N1CCN(c2ccnc(N3CCOCC3)n2)CC1. The van der Waals surface area contributed by atoms with E-state index in [1.807, 2.05) is 9.80 Å². The lowest BCUT2D eigenvalue weighted by Crippen LogP contribution is -2.49. The second-order valence-electron chi connectivity index (χ2n) is 7.40. The Kier molecular flexibility index (Phi) is 6.51. The summed E-state index contributed by atoms with van der Waals surface area (Å²) in [6.45, 7) is 4.22. The molecular weight excluding hydrogens is 444 g/mol. The highest BCUT2D eigenvalue weighted by Crippen LogP contribution is 2.24. The predicted octanol–water partition coefficient (Wildman–Crippen LogP) is 1.27. The van der Waals surface area contributed by atoms with Crippen LogP contribution in [0, 0.1) is 0 Å². The van der Waals surface area contributed by atoms with Crippen LogP contribution in [0.1, 0.15) is 10.4 Å². The van der Waals surface area contributed by atoms with Crippen molar-refractivity contribution in [2.24, 2.45) is 0 Å². The number of piperazine rings is 1. The third kappa shape index (κ3) is 4.51. The lowest BCUT2D eigenvalue weighted by Gasteiger charge is -2.36. The van der Waals surface area contributed by atoms with Gasteiger partial charge in [-0.05, 0) is 18.2 Å². The Morgan fingerprint density at radius 2 is 1.66 bits per heavy atom. The maximum absolute atomic E-state index is 13.0. The largest absolute Gasteiger partial charge is 0.378 e. The summed E-state index contributed by atoms with van der Waals surface area (Å²) < 4.78 is 55.4. The van der Waals surface area contributed by atoms with E-state index in [4.69, 9.17) is 4.74 Å². The molecule has 2 aliphatic heterocycles. The number of carbonyl (C=O) groups is 1. The first-order valence-corrected chi connectivity index (χ1v) is 11.7. The minimum absolute atomic E-state index is 0.238. The lowest BCUT2D eigenvalue weighted by molar-refractivity contribution is 0.0742. The summed E-state index contributed by atoms with van der Waals surface area (Å²) in [6.07, 6.45) is 1.69. The average Bonchev–Trinajstić information content (AvgIpc) is 2.84. The van der Waals surface area contributed by atoms with Crippen molar-refractivity contribution in [2.75, 3.05) is 62.3 Å². The highest BCUT2D eigenvalue weighted by atomic mass is 32.2. The molecule has 4 rings (SSSR count). The van der Waals surface area contributed by atoms with Gasteiger partial charge < -0.3 is 19.4 Å². The third-order valence-corrected chi connectivity index (χ3v) is 6.91. The summed E-state index contributed by atoms with van der Waals surface area (Å²) >= 11 is 0. The fourth-order valence-electron chi connectivity index (χ4n) is 3.73. The summed E-state index contributed by atoms with van der Waals surface area (Å²) in [5.74, 6) is -2.82. The molecule has 0 atom stereocenters. The molecule has 1 amide bonds. The number of sulfone groups is 1. The van der Waals surface area contributed by atoms with E-state index in [1.54, 1.807) is 12.3 Å². The number of carbonyl (C=O) groups excluding carboxylic acids is 1. The zero-order valence-corrected chi connectivity index (χ0v) is 18.0. The predicted molar refractivity (Wildman–Crippen MR) is 113 cm³/mol. The molecule has 12 heteroatoms. The number of benzene rings is 1. The molecule has 2 aromatic rings. The molecule has 0 saturated carbocycles. The first kappa shape index (κ1) is 22.3. The van der Waals surface area contributed by atoms with Crippen LogP contribution < -0.4 is 9.80 Å². The van der Waals surface area contributed by atoms with E-state index in [0.29, 0.717) is 58.4 Å². The van der Waals surface area contributed by atoms with Crippen LogP contribution in [0.4, 0.5) is 20.5 Å². The van der Waals surface area contributed by atoms with E-state index in [0.717, 1.165) is 11.9 Å². The van der Waals surface area contributed by atoms with Crippen LogP contribution in [-0.4, -0.2) is 87.4 Å². The number of amides is 1. The number of hydrogen-bond acceptors (Lipinski definition) is 8. The maximum Gasteiger partial charge on any atom is 0.341 e. The Hall–Kier alpha value is -2.86. The lowest BCUT2D eigenvalue weighted by atomic mass is 10.2. The number of morpholine rings is 1. The van der Waals surface area contributed by atoms with Gasteiger partial charge in [-0.3, -0.25) is 4.79 Å². The van der Waals surface area contributed by atoms with Gasteiger partial charge in [-0.25, -0.2) is 13.4 Å². The van der Waals surface area contributed by atoms with E-state index in [1.165, 1.54) is 23.1 Å². The van der Waals surface area contributed by atoms with Gasteiger partial charge in [0.15, 0.2) is 0 Å². The second kappa shape index (κ2) is 9.33.